The van der Waals surface area contributed by atoms with Crippen LogP contribution in [0.25, 0.3) is 17.1 Å². The number of anilines is 1. The summed E-state index contributed by atoms with van der Waals surface area (Å²) in [6.45, 7) is 0. The maximum Gasteiger partial charge on any atom is 0.435 e. The second kappa shape index (κ2) is 7.59. The number of amides is 1. The smallest absolute Gasteiger partial charge is 0.321 e. The minimum Gasteiger partial charge on any atom is -0.321 e. The molecule has 0 unspecified atom stereocenters. The molecule has 1 amide bonds. The number of aromatic nitrogens is 7. The molecule has 158 valence electrons. The van der Waals surface area contributed by atoms with Gasteiger partial charge in [-0.3, -0.25) is 4.79 Å². The van der Waals surface area contributed by atoms with Crippen LogP contribution in [-0.4, -0.2) is 41.1 Å². The summed E-state index contributed by atoms with van der Waals surface area (Å²) in [5, 5.41) is 20.3. The maximum atomic E-state index is 13.7. The molecule has 0 bridgehead atoms. The number of rotatable bonds is 4. The van der Waals surface area contributed by atoms with Crippen molar-refractivity contribution in [1.29, 1.82) is 0 Å². The van der Waals surface area contributed by atoms with Crippen molar-refractivity contribution in [1.82, 2.24) is 35.2 Å². The Balaban J connectivity index is 1.68. The van der Waals surface area contributed by atoms with Gasteiger partial charge in [-0.2, -0.15) is 13.2 Å². The maximum absolute atomic E-state index is 13.7. The molecule has 1 N–H and O–H groups in total. The minimum atomic E-state index is -4.95. The zero-order valence-corrected chi connectivity index (χ0v) is 15.7. The summed E-state index contributed by atoms with van der Waals surface area (Å²) < 4.78 is 56.1. The molecule has 4 rings (SSSR count). The molecule has 2 heterocycles. The number of carbonyl (C=O) groups excluding carboxylic acids is 1. The van der Waals surface area contributed by atoms with E-state index in [9.17, 15) is 22.4 Å². The summed E-state index contributed by atoms with van der Waals surface area (Å²) in [7, 11) is 1.62. The Bertz CT molecular complexity index is 1250. The number of carbonyl (C=O) groups is 1. The van der Waals surface area contributed by atoms with Crippen molar-refractivity contribution in [3.8, 4) is 17.1 Å². The topological polar surface area (TPSA) is 103 Å². The van der Waals surface area contributed by atoms with Gasteiger partial charge in [0, 0.05) is 18.3 Å². The first-order valence-corrected chi connectivity index (χ1v) is 8.67. The second-order valence-corrected chi connectivity index (χ2v) is 6.33. The van der Waals surface area contributed by atoms with Gasteiger partial charge < -0.3 is 5.32 Å². The van der Waals surface area contributed by atoms with E-state index in [4.69, 9.17) is 0 Å². The quantitative estimate of drug-likeness (QED) is 0.498. The molecule has 31 heavy (non-hydrogen) atoms. The molecule has 0 radical (unpaired) electrons. The number of hydrogen-bond donors (Lipinski definition) is 1. The first-order valence-electron chi connectivity index (χ1n) is 8.67. The Morgan fingerprint density at radius 1 is 1.03 bits per heavy atom. The molecular weight excluding hydrogens is 420 g/mol. The predicted molar refractivity (Wildman–Crippen MR) is 98.5 cm³/mol. The number of alkyl halides is 3. The number of nitrogens with one attached hydrogen (secondary N) is 1. The van der Waals surface area contributed by atoms with Gasteiger partial charge in [0.1, 0.15) is 5.82 Å². The van der Waals surface area contributed by atoms with E-state index in [-0.39, 0.29) is 11.4 Å². The molecule has 2 aromatic heterocycles. The Morgan fingerprint density at radius 3 is 2.42 bits per heavy atom. The van der Waals surface area contributed by atoms with Gasteiger partial charge >= 0.3 is 6.18 Å². The molecule has 0 fully saturated rings. The molecule has 0 atom stereocenters. The first kappa shape index (κ1) is 20.1. The summed E-state index contributed by atoms with van der Waals surface area (Å²) in [5.74, 6) is -1.35. The molecule has 4 aromatic rings. The van der Waals surface area contributed by atoms with Crippen LogP contribution in [0.4, 0.5) is 23.2 Å². The normalized spacial score (nSPS) is 11.5. The van der Waals surface area contributed by atoms with Gasteiger partial charge in [0.2, 0.25) is 0 Å². The fraction of sp³-hybridized carbons (Fsp3) is 0.111. The molecule has 0 aliphatic rings. The lowest BCUT2D eigenvalue weighted by atomic mass is 10.2. The van der Waals surface area contributed by atoms with Crippen molar-refractivity contribution in [3.05, 3.63) is 65.7 Å². The highest BCUT2D eigenvalue weighted by Crippen LogP contribution is 2.33. The monoisotopic (exact) mass is 432 g/mol. The van der Waals surface area contributed by atoms with Crippen LogP contribution in [0.3, 0.4) is 0 Å². The van der Waals surface area contributed by atoms with E-state index in [0.717, 1.165) is 24.3 Å². The fourth-order valence-corrected chi connectivity index (χ4v) is 2.85. The number of nitrogens with zero attached hydrogens (tertiary/aromatic N) is 7. The Hall–Kier alpha value is -4.16. The number of benzene rings is 2. The lowest BCUT2D eigenvalue weighted by Crippen LogP contribution is -2.21. The predicted octanol–water partition coefficient (Wildman–Crippen LogP) is 2.87. The molecule has 0 saturated heterocycles. The lowest BCUT2D eigenvalue weighted by Gasteiger charge is -2.11. The third-order valence-corrected chi connectivity index (χ3v) is 4.22. The summed E-state index contributed by atoms with van der Waals surface area (Å²) in [4.78, 5) is 12.6. The van der Waals surface area contributed by atoms with Crippen LogP contribution in [0, 0.1) is 5.82 Å². The van der Waals surface area contributed by atoms with E-state index in [1.807, 2.05) is 0 Å². The van der Waals surface area contributed by atoms with Crippen LogP contribution < -0.4 is 5.32 Å². The molecular formula is C18H12F4N8O. The van der Waals surface area contributed by atoms with Crippen molar-refractivity contribution >= 4 is 11.6 Å². The highest BCUT2D eigenvalue weighted by atomic mass is 19.4. The molecule has 0 spiro atoms. The Morgan fingerprint density at radius 2 is 1.77 bits per heavy atom. The third kappa shape index (κ3) is 3.97. The Labute approximate surface area is 171 Å². The average molecular weight is 432 g/mol. The van der Waals surface area contributed by atoms with Crippen LogP contribution in [0.5, 0.6) is 0 Å². The highest BCUT2D eigenvalue weighted by molar-refractivity contribution is 6.04. The van der Waals surface area contributed by atoms with Gasteiger partial charge in [-0.1, -0.05) is 17.3 Å². The summed E-state index contributed by atoms with van der Waals surface area (Å²) in [5.41, 5.74) is -1.67. The third-order valence-electron chi connectivity index (χ3n) is 4.22. The van der Waals surface area contributed by atoms with E-state index in [0.29, 0.717) is 16.1 Å². The zero-order valence-electron chi connectivity index (χ0n) is 15.7. The Kier molecular flexibility index (Phi) is 4.93. The van der Waals surface area contributed by atoms with Gasteiger partial charge in [-0.25, -0.2) is 13.8 Å². The van der Waals surface area contributed by atoms with Crippen molar-refractivity contribution in [2.45, 2.75) is 6.18 Å². The average Bonchev–Trinajstić information content (AvgIpc) is 3.35. The van der Waals surface area contributed by atoms with E-state index in [1.165, 1.54) is 16.8 Å². The molecule has 0 saturated carbocycles. The minimum absolute atomic E-state index is 0.0999. The number of aryl methyl sites for hydroxylation is 1. The van der Waals surface area contributed by atoms with E-state index >= 15 is 0 Å². The molecule has 0 aliphatic heterocycles. The van der Waals surface area contributed by atoms with Gasteiger partial charge in [0.15, 0.2) is 17.2 Å². The van der Waals surface area contributed by atoms with Gasteiger partial charge in [-0.15, -0.1) is 10.2 Å². The lowest BCUT2D eigenvalue weighted by molar-refractivity contribution is -0.143. The van der Waals surface area contributed by atoms with Gasteiger partial charge in [0.25, 0.3) is 5.91 Å². The first-order chi connectivity index (χ1) is 14.7. The van der Waals surface area contributed by atoms with E-state index < -0.39 is 29.3 Å². The number of hydrogen-bond acceptors (Lipinski definition) is 6. The van der Waals surface area contributed by atoms with Crippen molar-refractivity contribution in [2.24, 2.45) is 7.05 Å². The van der Waals surface area contributed by atoms with Crippen molar-refractivity contribution in [3.63, 3.8) is 0 Å². The van der Waals surface area contributed by atoms with Gasteiger partial charge in [0.05, 0.1) is 5.69 Å². The fourth-order valence-electron chi connectivity index (χ4n) is 2.85. The van der Waals surface area contributed by atoms with Crippen LogP contribution in [0.15, 0.2) is 48.5 Å². The summed E-state index contributed by atoms with van der Waals surface area (Å²) in [6.07, 6.45) is -4.95. The number of halogens is 4. The summed E-state index contributed by atoms with van der Waals surface area (Å²) in [6, 6.07) is 10.4. The summed E-state index contributed by atoms with van der Waals surface area (Å²) >= 11 is 0. The van der Waals surface area contributed by atoms with Crippen molar-refractivity contribution < 1.29 is 22.4 Å². The van der Waals surface area contributed by atoms with E-state index in [1.54, 1.807) is 19.2 Å². The van der Waals surface area contributed by atoms with E-state index in [2.05, 4.69) is 31.2 Å². The molecule has 9 nitrogen and oxygen atoms in total. The number of tetrazole rings is 1. The van der Waals surface area contributed by atoms with Crippen molar-refractivity contribution in [2.75, 3.05) is 5.32 Å². The zero-order chi connectivity index (χ0) is 22.2. The molecule has 2 aromatic carbocycles. The van der Waals surface area contributed by atoms with Crippen LogP contribution in [0.2, 0.25) is 0 Å². The SMILES string of the molecule is Cn1nnnc1-c1cccc(NC(=O)c2nnn(-c3ccc(F)cc3)c2C(F)(F)F)c1. The van der Waals surface area contributed by atoms with Gasteiger partial charge in [-0.05, 0) is 46.8 Å². The largest absolute Gasteiger partial charge is 0.435 e. The molecule has 0 aliphatic carbocycles. The highest BCUT2D eigenvalue weighted by Gasteiger charge is 2.42. The molecule has 13 heteroatoms. The van der Waals surface area contributed by atoms with Crippen LogP contribution in [-0.2, 0) is 13.2 Å². The van der Waals surface area contributed by atoms with Crippen LogP contribution in [0.1, 0.15) is 16.2 Å². The standard InChI is InChI=1S/C18H12F4N8O/c1-29-16(25-26-28-29)10-3-2-4-12(9-10)23-17(31)14-15(18(20,21)22)30(27-24-14)13-7-5-11(19)6-8-13/h2-9H,1H3,(H,23,31). The van der Waals surface area contributed by atoms with Crippen LogP contribution >= 0.6 is 0 Å². The second-order valence-electron chi connectivity index (χ2n) is 6.33.